The number of aromatic nitrogens is 2. The van der Waals surface area contributed by atoms with Crippen molar-refractivity contribution in [3.05, 3.63) is 100 Å². The van der Waals surface area contributed by atoms with Crippen LogP contribution in [-0.2, 0) is 12.1 Å². The number of nitrogens with zero attached hydrogens (tertiary/aromatic N) is 2. The Bertz CT molecular complexity index is 1330. The molecule has 0 aliphatic rings. The minimum atomic E-state index is -2.54. The second-order valence-electron chi connectivity index (χ2n) is 7.42. The van der Waals surface area contributed by atoms with Crippen LogP contribution in [0.2, 0.25) is 0 Å². The first-order chi connectivity index (χ1) is 15.7. The lowest BCUT2D eigenvalue weighted by molar-refractivity contribution is 0.0963. The maximum Gasteiger partial charge on any atom is 0.251 e. The normalized spacial score (nSPS) is 11.7. The van der Waals surface area contributed by atoms with Crippen molar-refractivity contribution in [2.45, 2.75) is 19.1 Å². The van der Waals surface area contributed by atoms with Crippen LogP contribution in [0.25, 0.3) is 11.0 Å². The van der Waals surface area contributed by atoms with Crippen LogP contribution < -0.4 is 5.32 Å². The van der Waals surface area contributed by atoms with Crippen LogP contribution in [0.1, 0.15) is 34.2 Å². The van der Waals surface area contributed by atoms with Gasteiger partial charge in [0.25, 0.3) is 5.91 Å². The third-order valence-corrected chi connectivity index (χ3v) is 5.52. The van der Waals surface area contributed by atoms with Crippen molar-refractivity contribution in [3.63, 3.8) is 0 Å². The molecule has 0 saturated heterocycles. The number of amides is 1. The molecule has 170 valence electrons. The highest BCUT2D eigenvalue weighted by Crippen LogP contribution is 2.40. The van der Waals surface area contributed by atoms with E-state index in [9.17, 15) is 27.5 Å². The maximum absolute atomic E-state index is 14.9. The van der Waals surface area contributed by atoms with Gasteiger partial charge in [0.1, 0.15) is 23.3 Å². The van der Waals surface area contributed by atoms with E-state index in [1.807, 2.05) is 0 Å². The summed E-state index contributed by atoms with van der Waals surface area (Å²) in [6.07, 6.45) is 0. The number of hydrogen-bond donors (Lipinski definition) is 2. The smallest absolute Gasteiger partial charge is 0.251 e. The first-order valence-electron chi connectivity index (χ1n) is 10.1. The molecule has 5 nitrogen and oxygen atoms in total. The Hall–Kier alpha value is -3.72. The van der Waals surface area contributed by atoms with Crippen molar-refractivity contribution in [1.29, 1.82) is 0 Å². The SMILES string of the molecule is CCn1c(C(O)(c2ccc(F)cc2F)c2ccc(F)cc2F)nc2ccc(C(=O)NC)cc21. The maximum atomic E-state index is 14.9. The molecule has 0 aliphatic carbocycles. The number of halogens is 4. The zero-order valence-electron chi connectivity index (χ0n) is 17.7. The van der Waals surface area contributed by atoms with Crippen LogP contribution in [-0.4, -0.2) is 27.6 Å². The molecule has 4 aromatic rings. The van der Waals surface area contributed by atoms with Gasteiger partial charge in [0.15, 0.2) is 11.4 Å². The predicted molar refractivity (Wildman–Crippen MR) is 114 cm³/mol. The molecule has 0 bridgehead atoms. The fraction of sp³-hybridized carbons (Fsp3) is 0.167. The molecule has 1 aromatic heterocycles. The summed E-state index contributed by atoms with van der Waals surface area (Å²) in [4.78, 5) is 16.5. The van der Waals surface area contributed by atoms with E-state index in [-0.39, 0.29) is 18.3 Å². The molecule has 33 heavy (non-hydrogen) atoms. The molecule has 0 atom stereocenters. The van der Waals surface area contributed by atoms with E-state index in [1.54, 1.807) is 6.92 Å². The Morgan fingerprint density at radius 3 is 2.03 bits per heavy atom. The Morgan fingerprint density at radius 1 is 0.970 bits per heavy atom. The molecule has 0 fully saturated rings. The number of carbonyl (C=O) groups excluding carboxylic acids is 1. The number of imidazole rings is 1. The van der Waals surface area contributed by atoms with Gasteiger partial charge in [-0.1, -0.05) is 0 Å². The van der Waals surface area contributed by atoms with Gasteiger partial charge in [0, 0.05) is 42.4 Å². The number of aliphatic hydroxyl groups is 1. The molecular formula is C24H19F4N3O2. The molecule has 4 rings (SSSR count). The van der Waals surface area contributed by atoms with Crippen LogP contribution in [0.15, 0.2) is 54.6 Å². The number of benzene rings is 3. The number of carbonyl (C=O) groups is 1. The monoisotopic (exact) mass is 457 g/mol. The summed E-state index contributed by atoms with van der Waals surface area (Å²) in [5, 5.41) is 14.4. The van der Waals surface area contributed by atoms with E-state index in [2.05, 4.69) is 10.3 Å². The summed E-state index contributed by atoms with van der Waals surface area (Å²) < 4.78 is 58.7. The van der Waals surface area contributed by atoms with Crippen LogP contribution in [0.4, 0.5) is 17.6 Å². The van der Waals surface area contributed by atoms with Gasteiger partial charge in [-0.3, -0.25) is 4.79 Å². The van der Waals surface area contributed by atoms with Gasteiger partial charge < -0.3 is 15.0 Å². The van der Waals surface area contributed by atoms with Gasteiger partial charge in [-0.05, 0) is 49.4 Å². The summed E-state index contributed by atoms with van der Waals surface area (Å²) in [6.45, 7) is 1.93. The molecule has 0 aliphatic heterocycles. The average molecular weight is 457 g/mol. The van der Waals surface area contributed by atoms with Gasteiger partial charge in [0.2, 0.25) is 0 Å². The Kier molecular flexibility index (Phi) is 5.67. The number of hydrogen-bond acceptors (Lipinski definition) is 3. The summed E-state index contributed by atoms with van der Waals surface area (Å²) in [6, 6.07) is 9.55. The highest BCUT2D eigenvalue weighted by atomic mass is 19.1. The van der Waals surface area contributed by atoms with E-state index in [4.69, 9.17) is 0 Å². The summed E-state index contributed by atoms with van der Waals surface area (Å²) >= 11 is 0. The van der Waals surface area contributed by atoms with Crippen LogP contribution in [0.3, 0.4) is 0 Å². The Balaban J connectivity index is 2.09. The van der Waals surface area contributed by atoms with E-state index in [0.717, 1.165) is 24.3 Å². The summed E-state index contributed by atoms with van der Waals surface area (Å²) in [5.41, 5.74) is -2.38. The van der Waals surface area contributed by atoms with Crippen LogP contribution >= 0.6 is 0 Å². The highest BCUT2D eigenvalue weighted by Gasteiger charge is 2.43. The van der Waals surface area contributed by atoms with Crippen molar-refractivity contribution < 1.29 is 27.5 Å². The number of fused-ring (bicyclic) bond motifs is 1. The van der Waals surface area contributed by atoms with E-state index in [0.29, 0.717) is 28.7 Å². The predicted octanol–water partition coefficient (Wildman–Crippen LogP) is 4.26. The molecule has 0 unspecified atom stereocenters. The lowest BCUT2D eigenvalue weighted by atomic mass is 9.84. The number of rotatable bonds is 5. The molecule has 2 N–H and O–H groups in total. The van der Waals surface area contributed by atoms with E-state index >= 15 is 0 Å². The third kappa shape index (κ3) is 3.64. The Labute approximate surface area is 186 Å². The zero-order valence-corrected chi connectivity index (χ0v) is 17.7. The van der Waals surface area contributed by atoms with Crippen LogP contribution in [0, 0.1) is 23.3 Å². The van der Waals surface area contributed by atoms with E-state index < -0.39 is 40.0 Å². The third-order valence-electron chi connectivity index (χ3n) is 5.52. The van der Waals surface area contributed by atoms with Gasteiger partial charge in [-0.25, -0.2) is 22.5 Å². The quantitative estimate of drug-likeness (QED) is 0.440. The lowest BCUT2D eigenvalue weighted by Gasteiger charge is -2.30. The van der Waals surface area contributed by atoms with Crippen molar-refractivity contribution >= 4 is 16.9 Å². The molecule has 0 radical (unpaired) electrons. The fourth-order valence-corrected chi connectivity index (χ4v) is 3.96. The van der Waals surface area contributed by atoms with Gasteiger partial charge in [0.05, 0.1) is 11.0 Å². The second-order valence-corrected chi connectivity index (χ2v) is 7.42. The number of nitrogens with one attached hydrogen (secondary N) is 1. The van der Waals surface area contributed by atoms with Crippen molar-refractivity contribution in [2.75, 3.05) is 7.05 Å². The highest BCUT2D eigenvalue weighted by molar-refractivity contribution is 5.97. The molecule has 0 saturated carbocycles. The van der Waals surface area contributed by atoms with Gasteiger partial charge in [-0.2, -0.15) is 0 Å². The molecule has 0 spiro atoms. The summed E-state index contributed by atoms with van der Waals surface area (Å²) in [7, 11) is 1.47. The standard InChI is InChI=1S/C24H19F4N3O2/c1-3-31-21-10-13(22(32)29-2)4-9-20(21)30-23(31)24(33,16-7-5-14(25)11-18(16)27)17-8-6-15(26)12-19(17)28/h4-12,33H,3H2,1-2H3,(H,29,32). The van der Waals surface area contributed by atoms with Crippen molar-refractivity contribution in [1.82, 2.24) is 14.9 Å². The molecule has 1 heterocycles. The van der Waals surface area contributed by atoms with Crippen molar-refractivity contribution in [2.24, 2.45) is 0 Å². The fourth-order valence-electron chi connectivity index (χ4n) is 3.96. The van der Waals surface area contributed by atoms with Gasteiger partial charge >= 0.3 is 0 Å². The first kappa shape index (κ1) is 22.5. The van der Waals surface area contributed by atoms with E-state index in [1.165, 1.54) is 29.8 Å². The molecule has 3 aromatic carbocycles. The Morgan fingerprint density at radius 2 is 1.55 bits per heavy atom. The minimum absolute atomic E-state index is 0.176. The largest absolute Gasteiger partial charge is 0.373 e. The topological polar surface area (TPSA) is 67.1 Å². The van der Waals surface area contributed by atoms with Gasteiger partial charge in [-0.15, -0.1) is 0 Å². The zero-order chi connectivity index (χ0) is 23.9. The second kappa shape index (κ2) is 8.32. The first-order valence-corrected chi connectivity index (χ1v) is 10.1. The molecular weight excluding hydrogens is 438 g/mol. The number of aryl methyl sites for hydroxylation is 1. The minimum Gasteiger partial charge on any atom is -0.373 e. The van der Waals surface area contributed by atoms with Crippen LogP contribution in [0.5, 0.6) is 0 Å². The van der Waals surface area contributed by atoms with Crippen molar-refractivity contribution in [3.8, 4) is 0 Å². The molecule has 9 heteroatoms. The molecule has 1 amide bonds. The average Bonchev–Trinajstić information content (AvgIpc) is 3.16. The summed E-state index contributed by atoms with van der Waals surface area (Å²) in [5.74, 6) is -4.59. The lowest BCUT2D eigenvalue weighted by Crippen LogP contribution is -2.35.